The summed E-state index contributed by atoms with van der Waals surface area (Å²) in [4.78, 5) is 0. The normalized spacial score (nSPS) is 44.1. The lowest BCUT2D eigenvalue weighted by molar-refractivity contribution is -0.141. The summed E-state index contributed by atoms with van der Waals surface area (Å²) in [5.41, 5.74) is 6.74. The largest absolute Gasteiger partial charge is 0.393 e. The lowest BCUT2D eigenvalue weighted by Crippen LogP contribution is -2.61. The van der Waals surface area contributed by atoms with Crippen LogP contribution in [0.5, 0.6) is 0 Å². The molecule has 0 spiro atoms. The number of aliphatic hydroxyl groups excluding tert-OH is 1. The summed E-state index contributed by atoms with van der Waals surface area (Å²) in [5, 5.41) is 14.7. The van der Waals surface area contributed by atoms with Crippen molar-refractivity contribution >= 4 is 0 Å². The van der Waals surface area contributed by atoms with E-state index in [1.165, 1.54) is 64.2 Å². The fourth-order valence-corrected chi connectivity index (χ4v) is 10.8. The van der Waals surface area contributed by atoms with Crippen LogP contribution in [0.4, 0.5) is 0 Å². The lowest BCUT2D eigenvalue weighted by atomic mass is 9.43. The number of fused-ring (bicyclic) bond motifs is 5. The van der Waals surface area contributed by atoms with E-state index in [2.05, 4.69) is 46.9 Å². The van der Waals surface area contributed by atoms with Crippen LogP contribution in [0.1, 0.15) is 125 Å². The minimum atomic E-state index is -0.0867. The third-order valence-electron chi connectivity index (χ3n) is 12.9. The van der Waals surface area contributed by atoms with E-state index in [1.807, 2.05) is 0 Å². The van der Waals surface area contributed by atoms with Crippen molar-refractivity contribution in [3.05, 3.63) is 0 Å². The van der Waals surface area contributed by atoms with Crippen LogP contribution in [-0.2, 0) is 0 Å². The first-order valence-corrected chi connectivity index (χ1v) is 16.3. The van der Waals surface area contributed by atoms with E-state index in [0.717, 1.165) is 73.8 Å². The predicted molar refractivity (Wildman–Crippen MR) is 154 cm³/mol. The molecule has 0 heterocycles. The maximum Gasteiger partial charge on any atom is 0.0543 e. The van der Waals surface area contributed by atoms with Gasteiger partial charge in [0, 0.05) is 6.04 Å². The van der Waals surface area contributed by atoms with Crippen LogP contribution >= 0.6 is 0 Å². The highest BCUT2D eigenvalue weighted by Gasteiger charge is 2.62. The molecule has 0 aromatic heterocycles. The van der Waals surface area contributed by atoms with Crippen molar-refractivity contribution < 1.29 is 5.11 Å². The molecular weight excluding hydrogens is 440 g/mol. The minimum Gasteiger partial charge on any atom is -0.393 e. The molecule has 36 heavy (non-hydrogen) atoms. The summed E-state index contributed by atoms with van der Waals surface area (Å²) in [6.07, 6.45) is 16.9. The number of nitrogens with two attached hydrogens (primary N) is 1. The number of hydrogen-bond donors (Lipinski definition) is 3. The van der Waals surface area contributed by atoms with Crippen molar-refractivity contribution in [2.75, 3.05) is 13.1 Å². The first kappa shape index (κ1) is 28.9. The second-order valence-electron chi connectivity index (χ2n) is 14.9. The standard InChI is InChI=1S/C33H62N2O/c1-7-24(22(2)3)11-10-23(4)27-12-13-28-26-21-31(35-19-9-8-18-34)30-20-25(36)14-16-33(30,6)29(26)15-17-32(27,28)5/h22-31,35-36H,7-21,34H2,1-6H3/t23-,24?,25+,26+,27-,28+,29+,30-,31-,32-,33-/m1/s1. The van der Waals surface area contributed by atoms with E-state index in [4.69, 9.17) is 5.73 Å². The Morgan fingerprint density at radius 3 is 2.31 bits per heavy atom. The smallest absolute Gasteiger partial charge is 0.0543 e. The van der Waals surface area contributed by atoms with Gasteiger partial charge in [-0.2, -0.15) is 0 Å². The molecule has 1 unspecified atom stereocenters. The molecule has 4 N–H and O–H groups in total. The first-order chi connectivity index (χ1) is 17.2. The molecule has 4 fully saturated rings. The van der Waals surface area contributed by atoms with E-state index in [0.29, 0.717) is 22.8 Å². The third-order valence-corrected chi connectivity index (χ3v) is 12.9. The van der Waals surface area contributed by atoms with E-state index in [-0.39, 0.29) is 6.10 Å². The van der Waals surface area contributed by atoms with Gasteiger partial charge in [0.25, 0.3) is 0 Å². The van der Waals surface area contributed by atoms with Crippen LogP contribution in [0.2, 0.25) is 0 Å². The molecular formula is C33H62N2O. The van der Waals surface area contributed by atoms with Crippen LogP contribution in [0.25, 0.3) is 0 Å². The van der Waals surface area contributed by atoms with E-state index in [1.54, 1.807) is 0 Å². The zero-order chi connectivity index (χ0) is 26.1. The van der Waals surface area contributed by atoms with Gasteiger partial charge >= 0.3 is 0 Å². The van der Waals surface area contributed by atoms with E-state index >= 15 is 0 Å². The highest BCUT2D eigenvalue weighted by atomic mass is 16.3. The molecule has 3 nitrogen and oxygen atoms in total. The Balaban J connectivity index is 1.49. The zero-order valence-corrected chi connectivity index (χ0v) is 24.9. The maximum atomic E-state index is 10.7. The van der Waals surface area contributed by atoms with Crippen molar-refractivity contribution in [1.82, 2.24) is 5.32 Å². The Bertz CT molecular complexity index is 695. The van der Waals surface area contributed by atoms with Gasteiger partial charge in [-0.15, -0.1) is 0 Å². The molecule has 11 atom stereocenters. The molecule has 0 aromatic carbocycles. The molecule has 3 heteroatoms. The summed E-state index contributed by atoms with van der Waals surface area (Å²) < 4.78 is 0. The maximum absolute atomic E-state index is 10.7. The lowest BCUT2D eigenvalue weighted by Gasteiger charge is -2.63. The van der Waals surface area contributed by atoms with Gasteiger partial charge < -0.3 is 16.2 Å². The highest BCUT2D eigenvalue weighted by molar-refractivity contribution is 5.12. The quantitative estimate of drug-likeness (QED) is 0.258. The van der Waals surface area contributed by atoms with Gasteiger partial charge in [0.05, 0.1) is 6.10 Å². The van der Waals surface area contributed by atoms with Gasteiger partial charge in [0.1, 0.15) is 0 Å². The van der Waals surface area contributed by atoms with Crippen molar-refractivity contribution in [2.24, 2.45) is 63.9 Å². The zero-order valence-electron chi connectivity index (χ0n) is 24.9. The van der Waals surface area contributed by atoms with Gasteiger partial charge in [-0.1, -0.05) is 54.4 Å². The van der Waals surface area contributed by atoms with Crippen molar-refractivity contribution in [3.8, 4) is 0 Å². The number of hydrogen-bond acceptors (Lipinski definition) is 3. The number of rotatable bonds is 11. The Morgan fingerprint density at radius 2 is 1.61 bits per heavy atom. The average molecular weight is 503 g/mol. The van der Waals surface area contributed by atoms with Crippen LogP contribution in [0.3, 0.4) is 0 Å². The fourth-order valence-electron chi connectivity index (χ4n) is 10.8. The van der Waals surface area contributed by atoms with Crippen molar-refractivity contribution in [3.63, 3.8) is 0 Å². The molecule has 4 aliphatic rings. The average Bonchev–Trinajstić information content (AvgIpc) is 3.20. The molecule has 4 saturated carbocycles. The predicted octanol–water partition coefficient (Wildman–Crippen LogP) is 7.41. The van der Waals surface area contributed by atoms with Gasteiger partial charge in [0.15, 0.2) is 0 Å². The number of unbranched alkanes of at least 4 members (excludes halogenated alkanes) is 1. The monoisotopic (exact) mass is 502 g/mol. The van der Waals surface area contributed by atoms with Crippen molar-refractivity contribution in [2.45, 2.75) is 137 Å². The summed E-state index contributed by atoms with van der Waals surface area (Å²) >= 11 is 0. The van der Waals surface area contributed by atoms with E-state index in [9.17, 15) is 5.11 Å². The second kappa shape index (κ2) is 12.0. The van der Waals surface area contributed by atoms with Gasteiger partial charge in [-0.3, -0.25) is 0 Å². The molecule has 0 saturated heterocycles. The molecule has 4 rings (SSSR count). The van der Waals surface area contributed by atoms with Crippen LogP contribution in [-0.4, -0.2) is 30.3 Å². The molecule has 0 aliphatic heterocycles. The topological polar surface area (TPSA) is 58.3 Å². The molecule has 0 aromatic rings. The first-order valence-electron chi connectivity index (χ1n) is 16.3. The molecule has 210 valence electrons. The van der Waals surface area contributed by atoms with Crippen LogP contribution in [0, 0.1) is 58.2 Å². The van der Waals surface area contributed by atoms with Gasteiger partial charge in [-0.05, 0) is 142 Å². The third kappa shape index (κ3) is 5.46. The van der Waals surface area contributed by atoms with Crippen molar-refractivity contribution in [1.29, 1.82) is 0 Å². The fraction of sp³-hybridized carbons (Fsp3) is 1.00. The molecule has 0 bridgehead atoms. The van der Waals surface area contributed by atoms with Crippen LogP contribution < -0.4 is 11.1 Å². The summed E-state index contributed by atoms with van der Waals surface area (Å²) in [6, 6.07) is 0.583. The minimum absolute atomic E-state index is 0.0867. The molecule has 0 radical (unpaired) electrons. The summed E-state index contributed by atoms with van der Waals surface area (Å²) in [5.74, 6) is 6.81. The summed E-state index contributed by atoms with van der Waals surface area (Å²) in [6.45, 7) is 17.1. The Kier molecular flexibility index (Phi) is 9.59. The number of aliphatic hydroxyl groups is 1. The molecule has 4 aliphatic carbocycles. The highest BCUT2D eigenvalue weighted by Crippen LogP contribution is 2.68. The molecule has 0 amide bonds. The van der Waals surface area contributed by atoms with E-state index < -0.39 is 0 Å². The Labute approximate surface area is 224 Å². The number of nitrogens with one attached hydrogen (secondary N) is 1. The second-order valence-corrected chi connectivity index (χ2v) is 14.9. The Morgan fingerprint density at radius 1 is 0.889 bits per heavy atom. The SMILES string of the molecule is CCC(CC[C@@H](C)[C@H]1CC[C@H]2[C@@H]3C[C@@H](NCCCCN)[C@H]4C[C@@H](O)CC[C@]4(C)[C@H]3CC[C@]12C)C(C)C. The van der Waals surface area contributed by atoms with Gasteiger partial charge in [0.2, 0.25) is 0 Å². The van der Waals surface area contributed by atoms with Gasteiger partial charge in [-0.25, -0.2) is 0 Å². The van der Waals surface area contributed by atoms with Crippen LogP contribution in [0.15, 0.2) is 0 Å². The summed E-state index contributed by atoms with van der Waals surface area (Å²) in [7, 11) is 0. The Hall–Kier alpha value is -0.120.